The Balaban J connectivity index is 1.27. The number of fused-ring (bicyclic) bond motifs is 11. The SMILES string of the molecule is CC(C)(C)c1ccc(-c2c3nc(c(-c4ccc(C(C)(C)C)cc4)c4ccc([nH]4)c(-c4ccc5ccc6cccnc6c5n4)c4nc(c(-c5ccc(C(C)(C)C)cc5)c5ccc2[nH]5)C=C4)C=C3)cc1. The van der Waals surface area contributed by atoms with E-state index in [-0.39, 0.29) is 16.2 Å². The van der Waals surface area contributed by atoms with E-state index in [1.807, 2.05) is 12.3 Å². The molecule has 2 aliphatic heterocycles. The highest BCUT2D eigenvalue weighted by Crippen LogP contribution is 2.40. The van der Waals surface area contributed by atoms with Gasteiger partial charge in [0.2, 0.25) is 0 Å². The van der Waals surface area contributed by atoms with Crippen LogP contribution in [0.25, 0.3) is 113 Å². The number of rotatable bonds is 4. The van der Waals surface area contributed by atoms with Crippen LogP contribution in [0.2, 0.25) is 0 Å². The zero-order valence-corrected chi connectivity index (χ0v) is 40.4. The molecule has 0 spiro atoms. The fraction of sp³-hybridized carbons (Fsp3) is 0.194. The van der Waals surface area contributed by atoms with Gasteiger partial charge >= 0.3 is 0 Å². The second-order valence-corrected chi connectivity index (χ2v) is 21.4. The predicted molar refractivity (Wildman–Crippen MR) is 287 cm³/mol. The quantitative estimate of drug-likeness (QED) is 0.173. The second kappa shape index (κ2) is 16.0. The van der Waals surface area contributed by atoms with Crippen LogP contribution in [0, 0.1) is 0 Å². The van der Waals surface area contributed by atoms with E-state index in [1.165, 1.54) is 16.7 Å². The third kappa shape index (κ3) is 7.74. The Morgan fingerprint density at radius 1 is 0.338 bits per heavy atom. The minimum absolute atomic E-state index is 0.00638. The smallest absolute Gasteiger partial charge is 0.0972 e. The first-order valence-electron chi connectivity index (χ1n) is 23.7. The number of aromatic nitrogens is 6. The average Bonchev–Trinajstić information content (AvgIpc) is 4.17. The maximum absolute atomic E-state index is 5.57. The Bertz CT molecular complexity index is 3640. The fourth-order valence-electron chi connectivity index (χ4n) is 9.66. The van der Waals surface area contributed by atoms with Crippen LogP contribution in [0.1, 0.15) is 102 Å². The van der Waals surface area contributed by atoms with Crippen LogP contribution in [-0.4, -0.2) is 29.9 Å². The van der Waals surface area contributed by atoms with Crippen LogP contribution < -0.4 is 0 Å². The molecule has 0 aliphatic carbocycles. The highest BCUT2D eigenvalue weighted by atomic mass is 14.8. The van der Waals surface area contributed by atoms with E-state index in [9.17, 15) is 0 Å². The lowest BCUT2D eigenvalue weighted by molar-refractivity contribution is 0.590. The summed E-state index contributed by atoms with van der Waals surface area (Å²) in [5, 5.41) is 2.08. The van der Waals surface area contributed by atoms with Crippen molar-refractivity contribution in [2.24, 2.45) is 0 Å². The van der Waals surface area contributed by atoms with Gasteiger partial charge in [-0.05, 0) is 110 Å². The molecule has 4 aromatic carbocycles. The molecule has 6 heteroatoms. The van der Waals surface area contributed by atoms with E-state index in [0.717, 1.165) is 111 Å². The van der Waals surface area contributed by atoms with E-state index >= 15 is 0 Å². The van der Waals surface area contributed by atoms with Gasteiger partial charge in [0.15, 0.2) is 0 Å². The largest absolute Gasteiger partial charge is 0.354 e. The number of pyridine rings is 2. The molecule has 5 aromatic heterocycles. The highest BCUT2D eigenvalue weighted by Gasteiger charge is 2.22. The summed E-state index contributed by atoms with van der Waals surface area (Å²) in [6.07, 6.45) is 10.5. The summed E-state index contributed by atoms with van der Waals surface area (Å²) in [4.78, 5) is 29.2. The summed E-state index contributed by atoms with van der Waals surface area (Å²) in [6, 6.07) is 48.2. The van der Waals surface area contributed by atoms with Gasteiger partial charge in [-0.1, -0.05) is 159 Å². The van der Waals surface area contributed by atoms with Crippen LogP contribution in [0.15, 0.2) is 140 Å². The van der Waals surface area contributed by atoms with Crippen molar-refractivity contribution in [3.63, 3.8) is 0 Å². The van der Waals surface area contributed by atoms with E-state index in [0.29, 0.717) is 0 Å². The Hall–Kier alpha value is -7.70. The average molecular weight is 885 g/mol. The van der Waals surface area contributed by atoms with Crippen molar-refractivity contribution in [3.8, 4) is 44.6 Å². The first-order chi connectivity index (χ1) is 32.6. The fourth-order valence-corrected chi connectivity index (χ4v) is 9.66. The molecular weight excluding hydrogens is 829 g/mol. The van der Waals surface area contributed by atoms with E-state index in [4.69, 9.17) is 19.9 Å². The van der Waals surface area contributed by atoms with Crippen molar-refractivity contribution in [3.05, 3.63) is 179 Å². The molecule has 2 N–H and O–H groups in total. The number of nitrogens with zero attached hydrogens (tertiary/aromatic N) is 4. The molecule has 11 rings (SSSR count). The lowest BCUT2D eigenvalue weighted by Gasteiger charge is -2.19. The molecule has 0 radical (unpaired) electrons. The normalized spacial score (nSPS) is 13.0. The van der Waals surface area contributed by atoms with Crippen molar-refractivity contribution >= 4 is 68.2 Å². The van der Waals surface area contributed by atoms with Crippen molar-refractivity contribution in [1.82, 2.24) is 29.9 Å². The van der Waals surface area contributed by atoms with E-state index < -0.39 is 0 Å². The summed E-state index contributed by atoms with van der Waals surface area (Å²) in [5.74, 6) is 0. The highest BCUT2D eigenvalue weighted by molar-refractivity contribution is 6.05. The van der Waals surface area contributed by atoms with Crippen LogP contribution in [0.4, 0.5) is 0 Å². The van der Waals surface area contributed by atoms with Gasteiger partial charge in [0.25, 0.3) is 0 Å². The zero-order valence-electron chi connectivity index (χ0n) is 40.4. The molecule has 0 fully saturated rings. The maximum Gasteiger partial charge on any atom is 0.0972 e. The molecule has 0 saturated heterocycles. The van der Waals surface area contributed by atoms with Crippen LogP contribution in [0.3, 0.4) is 0 Å². The zero-order chi connectivity index (χ0) is 47.1. The summed E-state index contributed by atoms with van der Waals surface area (Å²) in [5.41, 5.74) is 20.8. The van der Waals surface area contributed by atoms with E-state index in [1.54, 1.807) is 0 Å². The number of H-pyrrole nitrogens is 2. The Morgan fingerprint density at radius 2 is 0.691 bits per heavy atom. The number of nitrogens with one attached hydrogen (secondary N) is 2. The van der Waals surface area contributed by atoms with Crippen molar-refractivity contribution in [2.75, 3.05) is 0 Å². The molecular formula is C62H56N6. The van der Waals surface area contributed by atoms with Crippen LogP contribution in [-0.2, 0) is 16.2 Å². The van der Waals surface area contributed by atoms with Crippen LogP contribution >= 0.6 is 0 Å². The number of aromatic amines is 2. The molecule has 8 bridgehead atoms. The third-order valence-corrected chi connectivity index (χ3v) is 13.6. The van der Waals surface area contributed by atoms with Gasteiger partial charge in [0.05, 0.1) is 45.0 Å². The molecule has 0 atom stereocenters. The summed E-state index contributed by atoms with van der Waals surface area (Å²) >= 11 is 0. The van der Waals surface area contributed by atoms with Gasteiger partial charge in [-0.25, -0.2) is 15.0 Å². The van der Waals surface area contributed by atoms with Gasteiger partial charge in [-0.15, -0.1) is 0 Å². The first-order valence-corrected chi connectivity index (χ1v) is 23.7. The molecule has 7 heterocycles. The Morgan fingerprint density at radius 3 is 1.09 bits per heavy atom. The van der Waals surface area contributed by atoms with Crippen LogP contribution in [0.5, 0.6) is 0 Å². The number of benzene rings is 4. The molecule has 334 valence electrons. The monoisotopic (exact) mass is 884 g/mol. The van der Waals surface area contributed by atoms with Crippen molar-refractivity contribution < 1.29 is 0 Å². The summed E-state index contributed by atoms with van der Waals surface area (Å²) in [6.45, 7) is 20.3. The number of hydrogen-bond acceptors (Lipinski definition) is 4. The first kappa shape index (κ1) is 42.9. The minimum atomic E-state index is 0.00638. The predicted octanol–water partition coefficient (Wildman–Crippen LogP) is 16.3. The maximum atomic E-state index is 5.57. The molecule has 68 heavy (non-hydrogen) atoms. The van der Waals surface area contributed by atoms with Gasteiger partial charge < -0.3 is 9.97 Å². The molecule has 0 saturated carbocycles. The van der Waals surface area contributed by atoms with Gasteiger partial charge in [0, 0.05) is 55.8 Å². The molecule has 2 aliphatic rings. The second-order valence-electron chi connectivity index (χ2n) is 21.4. The molecule has 9 aromatic rings. The summed E-state index contributed by atoms with van der Waals surface area (Å²) < 4.78 is 0. The lowest BCUT2D eigenvalue weighted by atomic mass is 9.86. The lowest BCUT2D eigenvalue weighted by Crippen LogP contribution is -2.10. The number of hydrogen-bond donors (Lipinski definition) is 2. The topological polar surface area (TPSA) is 83.1 Å². The van der Waals surface area contributed by atoms with Crippen molar-refractivity contribution in [2.45, 2.75) is 78.6 Å². The van der Waals surface area contributed by atoms with Gasteiger partial charge in [0.1, 0.15) is 0 Å². The molecule has 0 amide bonds. The summed E-state index contributed by atoms with van der Waals surface area (Å²) in [7, 11) is 0. The third-order valence-electron chi connectivity index (χ3n) is 13.6. The minimum Gasteiger partial charge on any atom is -0.354 e. The van der Waals surface area contributed by atoms with Gasteiger partial charge in [-0.3, -0.25) is 4.98 Å². The Labute approximate surface area is 398 Å². The van der Waals surface area contributed by atoms with Gasteiger partial charge in [-0.2, -0.15) is 0 Å². The Kier molecular flexibility index (Phi) is 10.1. The molecule has 0 unspecified atom stereocenters. The molecule has 6 nitrogen and oxygen atoms in total. The standard InChI is InChI=1S/C62H56N6/c1-60(2,3)42-21-14-37(15-22-42)54-45-28-30-47(64-45)55(38-16-23-43(24-17-38)61(4,5)6)49-32-34-51(66-49)57(53-27-20-41-13-12-40-11-10-36-63-58(40)59(41)68-53)52-35-33-50(67-52)56(48-31-29-46(54)65-48)39-18-25-44(26-19-39)62(7,8)9/h10-36,64,67H,1-9H3. The van der Waals surface area contributed by atoms with Crippen molar-refractivity contribution in [1.29, 1.82) is 0 Å². The van der Waals surface area contributed by atoms with E-state index in [2.05, 4.69) is 224 Å².